The minimum Gasteiger partial charge on any atom is -0.271 e. The van der Waals surface area contributed by atoms with Crippen molar-refractivity contribution in [2.75, 3.05) is 0 Å². The highest BCUT2D eigenvalue weighted by Crippen LogP contribution is 2.39. The molecule has 17 heavy (non-hydrogen) atoms. The van der Waals surface area contributed by atoms with Crippen LogP contribution in [0.15, 0.2) is 18.3 Å². The van der Waals surface area contributed by atoms with Gasteiger partial charge in [-0.25, -0.2) is 5.43 Å². The molecule has 1 aromatic rings. The quantitative estimate of drug-likeness (QED) is 0.498. The summed E-state index contributed by atoms with van der Waals surface area (Å²) in [6.07, 6.45) is 3.93. The Morgan fingerprint density at radius 2 is 2.35 bits per heavy atom. The number of alkyl halides is 3. The number of halogens is 3. The van der Waals surface area contributed by atoms with E-state index in [0.29, 0.717) is 12.1 Å². The first-order valence-electron chi connectivity index (χ1n) is 5.50. The molecule has 1 aliphatic rings. The van der Waals surface area contributed by atoms with Crippen LogP contribution in [-0.4, -0.2) is 16.4 Å². The Morgan fingerprint density at radius 1 is 1.59 bits per heavy atom. The number of nitrogens with two attached hydrogens (primary N) is 1. The zero-order valence-corrected chi connectivity index (χ0v) is 9.92. The fourth-order valence-electron chi connectivity index (χ4n) is 2.41. The molecule has 2 unspecified atom stereocenters. The number of hydrogen-bond donors (Lipinski definition) is 2. The maximum absolute atomic E-state index is 13.3. The molecule has 0 saturated carbocycles. The number of aryl methyl sites for hydroxylation is 1. The standard InChI is InChI=1S/C11H14ClF2N3/c12-11(13,14)10(17-15)8-5-1-3-7-4-2-6-16-9(7)8/h2,4,6,8,10,17H,1,3,5,15H2. The van der Waals surface area contributed by atoms with Crippen LogP contribution in [0, 0.1) is 0 Å². The number of rotatable bonds is 3. The lowest BCUT2D eigenvalue weighted by molar-refractivity contribution is 0.0353. The van der Waals surface area contributed by atoms with Crippen molar-refractivity contribution < 1.29 is 8.78 Å². The van der Waals surface area contributed by atoms with E-state index in [0.717, 1.165) is 18.4 Å². The molecule has 1 aliphatic carbocycles. The minimum absolute atomic E-state index is 0.447. The molecule has 2 rings (SSSR count). The van der Waals surface area contributed by atoms with E-state index in [1.807, 2.05) is 12.1 Å². The van der Waals surface area contributed by atoms with E-state index >= 15 is 0 Å². The van der Waals surface area contributed by atoms with E-state index in [9.17, 15) is 8.78 Å². The highest BCUT2D eigenvalue weighted by Gasteiger charge is 2.44. The maximum Gasteiger partial charge on any atom is 0.338 e. The van der Waals surface area contributed by atoms with Crippen molar-refractivity contribution in [1.29, 1.82) is 0 Å². The second-order valence-corrected chi connectivity index (χ2v) is 4.74. The summed E-state index contributed by atoms with van der Waals surface area (Å²) in [6, 6.07) is 2.43. The van der Waals surface area contributed by atoms with E-state index in [-0.39, 0.29) is 0 Å². The predicted molar refractivity (Wildman–Crippen MR) is 61.8 cm³/mol. The molecule has 2 atom stereocenters. The first-order valence-corrected chi connectivity index (χ1v) is 5.88. The van der Waals surface area contributed by atoms with Gasteiger partial charge < -0.3 is 0 Å². The van der Waals surface area contributed by atoms with Crippen molar-refractivity contribution in [3.05, 3.63) is 29.6 Å². The second kappa shape index (κ2) is 4.84. The topological polar surface area (TPSA) is 50.9 Å². The van der Waals surface area contributed by atoms with Gasteiger partial charge in [0.1, 0.15) is 6.04 Å². The van der Waals surface area contributed by atoms with Gasteiger partial charge in [0.05, 0.1) is 0 Å². The summed E-state index contributed by atoms with van der Waals surface area (Å²) in [5, 5.41) is -3.38. The van der Waals surface area contributed by atoms with Gasteiger partial charge in [-0.15, -0.1) is 0 Å². The third kappa shape index (κ3) is 2.56. The van der Waals surface area contributed by atoms with Gasteiger partial charge in [0.15, 0.2) is 0 Å². The molecular formula is C11H14ClF2N3. The fraction of sp³-hybridized carbons (Fsp3) is 0.545. The normalized spacial score (nSPS) is 22.0. The predicted octanol–water partition coefficient (Wildman–Crippen LogP) is 2.17. The van der Waals surface area contributed by atoms with Crippen LogP contribution in [0.25, 0.3) is 0 Å². The van der Waals surface area contributed by atoms with Crippen LogP contribution in [0.4, 0.5) is 8.78 Å². The first kappa shape index (κ1) is 12.7. The molecule has 0 bridgehead atoms. The third-order valence-corrected chi connectivity index (χ3v) is 3.41. The number of hydrazine groups is 1. The van der Waals surface area contributed by atoms with Crippen molar-refractivity contribution in [3.8, 4) is 0 Å². The molecule has 1 aromatic heterocycles. The molecule has 1 heterocycles. The third-order valence-electron chi connectivity index (χ3n) is 3.17. The highest BCUT2D eigenvalue weighted by molar-refractivity contribution is 6.22. The van der Waals surface area contributed by atoms with Crippen LogP contribution in [-0.2, 0) is 6.42 Å². The van der Waals surface area contributed by atoms with Gasteiger partial charge in [-0.3, -0.25) is 10.8 Å². The lowest BCUT2D eigenvalue weighted by Crippen LogP contribution is -2.50. The summed E-state index contributed by atoms with van der Waals surface area (Å²) in [5.41, 5.74) is 3.82. The Kier molecular flexibility index (Phi) is 3.61. The molecule has 0 amide bonds. The SMILES string of the molecule is NNC(C1CCCc2cccnc21)C(F)(F)Cl. The lowest BCUT2D eigenvalue weighted by atomic mass is 9.82. The smallest absolute Gasteiger partial charge is 0.271 e. The van der Waals surface area contributed by atoms with Gasteiger partial charge in [0.2, 0.25) is 0 Å². The van der Waals surface area contributed by atoms with E-state index in [4.69, 9.17) is 17.4 Å². The van der Waals surface area contributed by atoms with Crippen LogP contribution in [0.3, 0.4) is 0 Å². The number of pyridine rings is 1. The molecule has 0 aromatic carbocycles. The number of aromatic nitrogens is 1. The summed E-state index contributed by atoms with van der Waals surface area (Å²) in [7, 11) is 0. The Morgan fingerprint density at radius 3 is 3.00 bits per heavy atom. The molecule has 0 radical (unpaired) electrons. The van der Waals surface area contributed by atoms with Crippen LogP contribution < -0.4 is 11.3 Å². The zero-order valence-electron chi connectivity index (χ0n) is 9.17. The van der Waals surface area contributed by atoms with E-state index in [1.165, 1.54) is 0 Å². The Bertz CT molecular complexity index is 395. The molecule has 0 saturated heterocycles. The van der Waals surface area contributed by atoms with Crippen LogP contribution >= 0.6 is 11.6 Å². The van der Waals surface area contributed by atoms with E-state index in [1.54, 1.807) is 6.20 Å². The van der Waals surface area contributed by atoms with Crippen LogP contribution in [0.2, 0.25) is 0 Å². The van der Waals surface area contributed by atoms with Gasteiger partial charge in [0.25, 0.3) is 0 Å². The Balaban J connectivity index is 2.34. The van der Waals surface area contributed by atoms with Gasteiger partial charge in [-0.2, -0.15) is 8.78 Å². The van der Waals surface area contributed by atoms with Crippen molar-refractivity contribution >= 4 is 11.6 Å². The fourth-order valence-corrected chi connectivity index (χ4v) is 2.62. The molecule has 0 aliphatic heterocycles. The van der Waals surface area contributed by atoms with Gasteiger partial charge >= 0.3 is 5.38 Å². The van der Waals surface area contributed by atoms with Crippen molar-refractivity contribution in [3.63, 3.8) is 0 Å². The molecule has 0 fully saturated rings. The largest absolute Gasteiger partial charge is 0.338 e. The van der Waals surface area contributed by atoms with Gasteiger partial charge in [-0.05, 0) is 42.5 Å². The molecule has 6 heteroatoms. The average Bonchev–Trinajstić information content (AvgIpc) is 2.28. The van der Waals surface area contributed by atoms with E-state index < -0.39 is 17.3 Å². The number of fused-ring (bicyclic) bond motifs is 1. The van der Waals surface area contributed by atoms with E-state index in [2.05, 4.69) is 10.4 Å². The molecular weight excluding hydrogens is 248 g/mol. The van der Waals surface area contributed by atoms with Crippen LogP contribution in [0.5, 0.6) is 0 Å². The Labute approximate surface area is 103 Å². The molecule has 0 spiro atoms. The van der Waals surface area contributed by atoms with Gasteiger partial charge in [0, 0.05) is 17.8 Å². The first-order chi connectivity index (χ1) is 8.04. The second-order valence-electron chi connectivity index (χ2n) is 4.23. The van der Waals surface area contributed by atoms with Crippen molar-refractivity contribution in [1.82, 2.24) is 10.4 Å². The number of nitrogens with zero attached hydrogens (tertiary/aromatic N) is 1. The van der Waals surface area contributed by atoms with Crippen molar-refractivity contribution in [2.45, 2.75) is 36.6 Å². The summed E-state index contributed by atoms with van der Waals surface area (Å²) in [5.74, 6) is 4.76. The lowest BCUT2D eigenvalue weighted by Gasteiger charge is -2.32. The number of nitrogens with one attached hydrogen (secondary N) is 1. The van der Waals surface area contributed by atoms with Crippen LogP contribution in [0.1, 0.15) is 30.0 Å². The average molecular weight is 262 g/mol. The monoisotopic (exact) mass is 261 g/mol. The summed E-state index contributed by atoms with van der Waals surface area (Å²) >= 11 is 5.10. The molecule has 94 valence electrons. The zero-order chi connectivity index (χ0) is 12.5. The number of hydrogen-bond acceptors (Lipinski definition) is 3. The highest BCUT2D eigenvalue weighted by atomic mass is 35.5. The van der Waals surface area contributed by atoms with Gasteiger partial charge in [-0.1, -0.05) is 6.07 Å². The Hall–Kier alpha value is -0.780. The minimum atomic E-state index is -3.38. The van der Waals surface area contributed by atoms with Crippen molar-refractivity contribution in [2.24, 2.45) is 5.84 Å². The summed E-state index contributed by atoms with van der Waals surface area (Å²) in [4.78, 5) is 4.20. The summed E-state index contributed by atoms with van der Waals surface area (Å²) in [6.45, 7) is 0. The maximum atomic E-state index is 13.3. The summed E-state index contributed by atoms with van der Waals surface area (Å²) < 4.78 is 26.5. The molecule has 3 nitrogen and oxygen atoms in total. The molecule has 3 N–H and O–H groups in total.